The Balaban J connectivity index is 1.70. The minimum absolute atomic E-state index is 0.0141. The van der Waals surface area contributed by atoms with Crippen LogP contribution in [0.25, 0.3) is 5.52 Å². The molecule has 1 aromatic carbocycles. The fourth-order valence-electron chi connectivity index (χ4n) is 3.52. The molecule has 2 atom stereocenters. The van der Waals surface area contributed by atoms with E-state index in [9.17, 15) is 14.3 Å². The molecule has 30 heavy (non-hydrogen) atoms. The molecular weight excluding hydrogens is 417 g/mol. The maximum absolute atomic E-state index is 13.5. The Morgan fingerprint density at radius 1 is 1.47 bits per heavy atom. The van der Waals surface area contributed by atoms with Crippen molar-refractivity contribution >= 4 is 34.7 Å². The van der Waals surface area contributed by atoms with Gasteiger partial charge in [0.05, 0.1) is 18.2 Å². The third-order valence-corrected chi connectivity index (χ3v) is 5.22. The average Bonchev–Trinajstić information content (AvgIpc) is 3.17. The van der Waals surface area contributed by atoms with Crippen molar-refractivity contribution in [3.63, 3.8) is 0 Å². The predicted molar refractivity (Wildman–Crippen MR) is 107 cm³/mol. The average molecular weight is 436 g/mol. The van der Waals surface area contributed by atoms with Crippen LogP contribution in [0, 0.1) is 5.82 Å². The van der Waals surface area contributed by atoms with Crippen LogP contribution in [0.15, 0.2) is 36.8 Å². The molecule has 1 fully saturated rings. The lowest BCUT2D eigenvalue weighted by Gasteiger charge is -2.35. The van der Waals surface area contributed by atoms with E-state index in [0.29, 0.717) is 23.6 Å². The number of methoxy groups -OCH3 is 1. The second-order valence-electron chi connectivity index (χ2n) is 6.72. The lowest BCUT2D eigenvalue weighted by atomic mass is 10.0. The van der Waals surface area contributed by atoms with E-state index in [1.54, 1.807) is 16.8 Å². The van der Waals surface area contributed by atoms with E-state index in [0.717, 1.165) is 5.56 Å². The van der Waals surface area contributed by atoms with Crippen LogP contribution in [0.2, 0.25) is 5.02 Å². The molecule has 11 heteroatoms. The summed E-state index contributed by atoms with van der Waals surface area (Å²) in [5.74, 6) is -0.0593. The number of ether oxygens (including phenoxy) is 2. The number of halogens is 2. The smallest absolute Gasteiger partial charge is 0.407 e. The fraction of sp³-hybridized carbons (Fsp3) is 0.316. The molecule has 2 unspecified atom stereocenters. The van der Waals surface area contributed by atoms with Gasteiger partial charge in [-0.05, 0) is 24.3 Å². The summed E-state index contributed by atoms with van der Waals surface area (Å²) >= 11 is 5.88. The molecule has 2 aromatic heterocycles. The summed E-state index contributed by atoms with van der Waals surface area (Å²) in [6.45, 7) is 0.757. The van der Waals surface area contributed by atoms with Crippen molar-refractivity contribution in [2.75, 3.05) is 32.1 Å². The normalized spacial score (nSPS) is 17.8. The number of anilines is 2. The van der Waals surface area contributed by atoms with E-state index in [-0.39, 0.29) is 18.2 Å². The topological polar surface area (TPSA) is 101 Å². The van der Waals surface area contributed by atoms with Crippen LogP contribution in [-0.4, -0.2) is 63.6 Å². The number of carbonyl (C=O) groups is 1. The monoisotopic (exact) mass is 435 g/mol. The van der Waals surface area contributed by atoms with Crippen molar-refractivity contribution in [2.24, 2.45) is 0 Å². The van der Waals surface area contributed by atoms with Crippen LogP contribution >= 0.6 is 11.6 Å². The van der Waals surface area contributed by atoms with Crippen molar-refractivity contribution in [2.45, 2.75) is 12.2 Å². The summed E-state index contributed by atoms with van der Waals surface area (Å²) in [6, 6.07) is 6.09. The molecule has 0 spiro atoms. The van der Waals surface area contributed by atoms with Crippen LogP contribution in [-0.2, 0) is 9.47 Å². The van der Waals surface area contributed by atoms with Gasteiger partial charge in [0.1, 0.15) is 29.9 Å². The standard InChI is InChI=1S/C19H19ClFN5O4/c1-29-17(15-9-25(19(27)28)6-7-30-15)12-4-5-26-16(12)18(22-10-23-26)24-11-2-3-14(21)13(20)8-11/h2-5,8,10,15,17H,6-7,9H2,1H3,(H,27,28)(H,22,23,24). The van der Waals surface area contributed by atoms with E-state index in [1.807, 2.05) is 6.07 Å². The Morgan fingerprint density at radius 2 is 2.30 bits per heavy atom. The number of amides is 1. The molecule has 1 amide bonds. The molecule has 4 rings (SSSR count). The minimum Gasteiger partial charge on any atom is -0.465 e. The van der Waals surface area contributed by atoms with Crippen LogP contribution in [0.5, 0.6) is 0 Å². The van der Waals surface area contributed by atoms with E-state index in [1.165, 1.54) is 30.5 Å². The summed E-state index contributed by atoms with van der Waals surface area (Å²) in [7, 11) is 1.54. The number of rotatable bonds is 5. The highest BCUT2D eigenvalue weighted by molar-refractivity contribution is 6.31. The third-order valence-electron chi connectivity index (χ3n) is 4.93. The van der Waals surface area contributed by atoms with Gasteiger partial charge in [0.25, 0.3) is 0 Å². The van der Waals surface area contributed by atoms with Crippen molar-refractivity contribution < 1.29 is 23.8 Å². The van der Waals surface area contributed by atoms with Gasteiger partial charge in [-0.15, -0.1) is 0 Å². The van der Waals surface area contributed by atoms with Gasteiger partial charge in [0, 0.05) is 31.1 Å². The predicted octanol–water partition coefficient (Wildman–Crippen LogP) is 3.33. The molecule has 158 valence electrons. The van der Waals surface area contributed by atoms with Crippen LogP contribution in [0.4, 0.5) is 20.7 Å². The van der Waals surface area contributed by atoms with Crippen LogP contribution < -0.4 is 5.32 Å². The summed E-state index contributed by atoms with van der Waals surface area (Å²) in [4.78, 5) is 17.0. The van der Waals surface area contributed by atoms with Gasteiger partial charge in [-0.25, -0.2) is 18.7 Å². The van der Waals surface area contributed by atoms with Gasteiger partial charge in [-0.1, -0.05) is 11.6 Å². The Labute approximate surface area is 176 Å². The first-order chi connectivity index (χ1) is 14.5. The maximum atomic E-state index is 13.5. The molecule has 1 aliphatic rings. The number of fused-ring (bicyclic) bond motifs is 1. The summed E-state index contributed by atoms with van der Waals surface area (Å²) in [5, 5.41) is 16.7. The highest BCUT2D eigenvalue weighted by atomic mass is 35.5. The molecule has 0 radical (unpaired) electrons. The third kappa shape index (κ3) is 3.89. The maximum Gasteiger partial charge on any atom is 0.407 e. The molecule has 9 nitrogen and oxygen atoms in total. The first-order valence-corrected chi connectivity index (χ1v) is 9.52. The van der Waals surface area contributed by atoms with Crippen molar-refractivity contribution in [3.05, 3.63) is 53.2 Å². The number of nitrogens with one attached hydrogen (secondary N) is 1. The number of hydrogen-bond donors (Lipinski definition) is 2. The largest absolute Gasteiger partial charge is 0.465 e. The van der Waals surface area contributed by atoms with Gasteiger partial charge in [-0.3, -0.25) is 0 Å². The lowest BCUT2D eigenvalue weighted by Crippen LogP contribution is -2.47. The van der Waals surface area contributed by atoms with Gasteiger partial charge in [0.2, 0.25) is 0 Å². The van der Waals surface area contributed by atoms with E-state index >= 15 is 0 Å². The molecule has 2 N–H and O–H groups in total. The van der Waals surface area contributed by atoms with E-state index in [4.69, 9.17) is 21.1 Å². The summed E-state index contributed by atoms with van der Waals surface area (Å²) in [5.41, 5.74) is 1.90. The highest BCUT2D eigenvalue weighted by Gasteiger charge is 2.33. The van der Waals surface area contributed by atoms with Crippen molar-refractivity contribution in [3.8, 4) is 0 Å². The van der Waals surface area contributed by atoms with Crippen LogP contribution in [0.3, 0.4) is 0 Å². The Morgan fingerprint density at radius 3 is 3.03 bits per heavy atom. The molecular formula is C19H19ClFN5O4. The molecule has 0 aliphatic carbocycles. The van der Waals surface area contributed by atoms with Gasteiger partial charge < -0.3 is 24.8 Å². The highest BCUT2D eigenvalue weighted by Crippen LogP contribution is 2.33. The first kappa shape index (κ1) is 20.3. The Kier molecular flexibility index (Phi) is 5.71. The summed E-state index contributed by atoms with van der Waals surface area (Å²) in [6.07, 6.45) is 1.08. The van der Waals surface area contributed by atoms with Crippen molar-refractivity contribution in [1.29, 1.82) is 0 Å². The van der Waals surface area contributed by atoms with Gasteiger partial charge in [0.15, 0.2) is 5.82 Å². The zero-order valence-electron chi connectivity index (χ0n) is 16.0. The Bertz CT molecular complexity index is 1080. The van der Waals surface area contributed by atoms with E-state index < -0.39 is 24.1 Å². The number of morpholine rings is 1. The van der Waals surface area contributed by atoms with Gasteiger partial charge in [-0.2, -0.15) is 5.10 Å². The molecule has 0 bridgehead atoms. The zero-order chi connectivity index (χ0) is 21.3. The quantitative estimate of drug-likeness (QED) is 0.633. The number of nitrogens with zero attached hydrogens (tertiary/aromatic N) is 4. The van der Waals surface area contributed by atoms with Crippen LogP contribution in [0.1, 0.15) is 11.7 Å². The van der Waals surface area contributed by atoms with Crippen molar-refractivity contribution in [1.82, 2.24) is 19.5 Å². The first-order valence-electron chi connectivity index (χ1n) is 9.14. The zero-order valence-corrected chi connectivity index (χ0v) is 16.7. The molecule has 3 heterocycles. The number of carboxylic acid groups (broad SMARTS) is 1. The minimum atomic E-state index is -1.00. The Hall–Kier alpha value is -2.95. The fourth-order valence-corrected chi connectivity index (χ4v) is 3.70. The molecule has 3 aromatic rings. The SMILES string of the molecule is COC(c1ccn2ncnc(Nc3ccc(F)c(Cl)c3)c12)C1CN(C(=O)O)CCO1. The second kappa shape index (κ2) is 8.42. The van der Waals surface area contributed by atoms with E-state index in [2.05, 4.69) is 15.4 Å². The van der Waals surface area contributed by atoms with Gasteiger partial charge >= 0.3 is 6.09 Å². The lowest BCUT2D eigenvalue weighted by molar-refractivity contribution is -0.0960. The molecule has 1 aliphatic heterocycles. The number of aromatic nitrogens is 3. The summed E-state index contributed by atoms with van der Waals surface area (Å²) < 4.78 is 26.6. The second-order valence-corrected chi connectivity index (χ2v) is 7.13. The number of benzene rings is 1. The number of hydrogen-bond acceptors (Lipinski definition) is 6. The molecule has 0 saturated carbocycles. The molecule has 1 saturated heterocycles.